The first kappa shape index (κ1) is 14.1. The molecule has 1 aliphatic heterocycles. The van der Waals surface area contributed by atoms with E-state index in [1.165, 1.54) is 0 Å². The molecular weight excluding hydrogens is 236 g/mol. The smallest absolute Gasteiger partial charge is 0.254 e. The van der Waals surface area contributed by atoms with Crippen molar-refractivity contribution >= 4 is 5.91 Å². The Bertz CT molecular complexity index is 430. The van der Waals surface area contributed by atoms with E-state index < -0.39 is 0 Å². The monoisotopic (exact) mass is 260 g/mol. The van der Waals surface area contributed by atoms with Crippen LogP contribution in [0, 0.1) is 13.8 Å². The van der Waals surface area contributed by atoms with Gasteiger partial charge >= 0.3 is 0 Å². The molecule has 0 unspecified atom stereocenters. The Balaban J connectivity index is 2.25. The van der Waals surface area contributed by atoms with Crippen molar-refractivity contribution in [3.63, 3.8) is 0 Å². The average Bonchev–Trinajstić information content (AvgIpc) is 2.40. The molecule has 3 nitrogen and oxygen atoms in total. The molecule has 1 saturated heterocycles. The van der Waals surface area contributed by atoms with E-state index in [0.29, 0.717) is 6.04 Å². The minimum atomic E-state index is 0.199. The number of nitrogens with one attached hydrogen (secondary N) is 1. The van der Waals surface area contributed by atoms with Crippen LogP contribution in [0.2, 0.25) is 0 Å². The van der Waals surface area contributed by atoms with Crippen LogP contribution in [-0.4, -0.2) is 36.5 Å². The van der Waals surface area contributed by atoms with Crippen molar-refractivity contribution in [3.05, 3.63) is 34.9 Å². The lowest BCUT2D eigenvalue weighted by atomic mass is 9.99. The van der Waals surface area contributed by atoms with Crippen LogP contribution < -0.4 is 5.32 Å². The van der Waals surface area contributed by atoms with Gasteiger partial charge in [-0.05, 0) is 57.8 Å². The largest absolute Gasteiger partial charge is 0.336 e. The van der Waals surface area contributed by atoms with Crippen LogP contribution in [0.25, 0.3) is 0 Å². The normalized spacial score (nSPS) is 16.4. The quantitative estimate of drug-likeness (QED) is 0.905. The third kappa shape index (κ3) is 2.98. The summed E-state index contributed by atoms with van der Waals surface area (Å²) in [4.78, 5) is 14.9. The summed E-state index contributed by atoms with van der Waals surface area (Å²) >= 11 is 0. The third-order valence-corrected chi connectivity index (χ3v) is 4.05. The minimum Gasteiger partial charge on any atom is -0.336 e. The SMILES string of the molecule is CCN(C(=O)c1c(C)cccc1C)C1CCNCC1. The van der Waals surface area contributed by atoms with E-state index in [9.17, 15) is 4.79 Å². The lowest BCUT2D eigenvalue weighted by Crippen LogP contribution is -2.46. The van der Waals surface area contributed by atoms with Gasteiger partial charge in [-0.25, -0.2) is 0 Å². The number of carbonyl (C=O) groups is 1. The number of hydrogen-bond acceptors (Lipinski definition) is 2. The number of nitrogens with zero attached hydrogens (tertiary/aromatic N) is 1. The highest BCUT2D eigenvalue weighted by atomic mass is 16.2. The van der Waals surface area contributed by atoms with Gasteiger partial charge in [0.05, 0.1) is 0 Å². The topological polar surface area (TPSA) is 32.3 Å². The van der Waals surface area contributed by atoms with Crippen LogP contribution in [0.3, 0.4) is 0 Å². The minimum absolute atomic E-state index is 0.199. The fraction of sp³-hybridized carbons (Fsp3) is 0.562. The van der Waals surface area contributed by atoms with E-state index in [4.69, 9.17) is 0 Å². The Labute approximate surface area is 116 Å². The summed E-state index contributed by atoms with van der Waals surface area (Å²) < 4.78 is 0. The fourth-order valence-corrected chi connectivity index (χ4v) is 2.98. The van der Waals surface area contributed by atoms with Crippen molar-refractivity contribution in [3.8, 4) is 0 Å². The first-order valence-corrected chi connectivity index (χ1v) is 7.23. The van der Waals surface area contributed by atoms with Crippen LogP contribution >= 0.6 is 0 Å². The molecule has 1 aromatic carbocycles. The summed E-state index contributed by atoms with van der Waals surface area (Å²) in [5, 5.41) is 3.36. The Hall–Kier alpha value is -1.35. The van der Waals surface area contributed by atoms with Gasteiger partial charge in [0, 0.05) is 18.2 Å². The number of benzene rings is 1. The first-order chi connectivity index (χ1) is 9.15. The highest BCUT2D eigenvalue weighted by Crippen LogP contribution is 2.20. The molecule has 1 aliphatic rings. The molecule has 0 saturated carbocycles. The molecular formula is C16H24N2O. The van der Waals surface area contributed by atoms with Crippen LogP contribution in [0.1, 0.15) is 41.3 Å². The van der Waals surface area contributed by atoms with Crippen molar-refractivity contribution in [2.75, 3.05) is 19.6 Å². The van der Waals surface area contributed by atoms with Crippen molar-refractivity contribution < 1.29 is 4.79 Å². The second kappa shape index (κ2) is 6.20. The van der Waals surface area contributed by atoms with E-state index in [-0.39, 0.29) is 5.91 Å². The van der Waals surface area contributed by atoms with Gasteiger partial charge in [0.25, 0.3) is 5.91 Å². The molecule has 0 bridgehead atoms. The lowest BCUT2D eigenvalue weighted by molar-refractivity contribution is 0.0654. The summed E-state index contributed by atoms with van der Waals surface area (Å²) in [7, 11) is 0. The average molecular weight is 260 g/mol. The van der Waals surface area contributed by atoms with Gasteiger partial charge in [0.15, 0.2) is 0 Å². The predicted octanol–water partition coefficient (Wildman–Crippen LogP) is 2.52. The summed E-state index contributed by atoms with van der Waals surface area (Å²) in [5.74, 6) is 0.199. The summed E-state index contributed by atoms with van der Waals surface area (Å²) in [6, 6.07) is 6.45. The Kier molecular flexibility index (Phi) is 4.59. The zero-order valence-corrected chi connectivity index (χ0v) is 12.2. The maximum absolute atomic E-state index is 12.8. The van der Waals surface area contributed by atoms with Crippen molar-refractivity contribution in [2.45, 2.75) is 39.7 Å². The van der Waals surface area contributed by atoms with Gasteiger partial charge in [0.1, 0.15) is 0 Å². The number of carbonyl (C=O) groups excluding carboxylic acids is 1. The van der Waals surface area contributed by atoms with Crippen molar-refractivity contribution in [2.24, 2.45) is 0 Å². The molecule has 1 fully saturated rings. The summed E-state index contributed by atoms with van der Waals surface area (Å²) in [6.07, 6.45) is 2.12. The van der Waals surface area contributed by atoms with Gasteiger partial charge < -0.3 is 10.2 Å². The molecule has 1 N–H and O–H groups in total. The molecule has 1 amide bonds. The Morgan fingerprint density at radius 1 is 1.26 bits per heavy atom. The molecule has 3 heteroatoms. The van der Waals surface area contributed by atoms with Gasteiger partial charge in [-0.1, -0.05) is 18.2 Å². The maximum atomic E-state index is 12.8. The lowest BCUT2D eigenvalue weighted by Gasteiger charge is -2.34. The molecule has 0 atom stereocenters. The zero-order chi connectivity index (χ0) is 13.8. The number of amides is 1. The van der Waals surface area contributed by atoms with Gasteiger partial charge in [-0.3, -0.25) is 4.79 Å². The zero-order valence-electron chi connectivity index (χ0n) is 12.2. The standard InChI is InChI=1S/C16H24N2O/c1-4-18(14-8-10-17-11-9-14)16(19)15-12(2)6-5-7-13(15)3/h5-7,14,17H,4,8-11H2,1-3H3. The molecule has 104 valence electrons. The second-order valence-corrected chi connectivity index (χ2v) is 5.34. The van der Waals surface area contributed by atoms with E-state index in [1.54, 1.807) is 0 Å². The number of hydrogen-bond donors (Lipinski definition) is 1. The second-order valence-electron chi connectivity index (χ2n) is 5.34. The number of rotatable bonds is 3. The Morgan fingerprint density at radius 3 is 2.37 bits per heavy atom. The first-order valence-electron chi connectivity index (χ1n) is 7.23. The molecule has 0 aromatic heterocycles. The molecule has 1 heterocycles. The van der Waals surface area contributed by atoms with Gasteiger partial charge in [-0.15, -0.1) is 0 Å². The van der Waals surface area contributed by atoms with Gasteiger partial charge in [-0.2, -0.15) is 0 Å². The molecule has 0 aliphatic carbocycles. The number of aryl methyl sites for hydroxylation is 2. The van der Waals surface area contributed by atoms with Gasteiger partial charge in [0.2, 0.25) is 0 Å². The molecule has 0 radical (unpaired) electrons. The number of piperidine rings is 1. The molecule has 19 heavy (non-hydrogen) atoms. The third-order valence-electron chi connectivity index (χ3n) is 4.05. The van der Waals surface area contributed by atoms with E-state index in [0.717, 1.165) is 49.2 Å². The van der Waals surface area contributed by atoms with Crippen LogP contribution in [0.4, 0.5) is 0 Å². The van der Waals surface area contributed by atoms with E-state index >= 15 is 0 Å². The van der Waals surface area contributed by atoms with Crippen LogP contribution in [0.15, 0.2) is 18.2 Å². The van der Waals surface area contributed by atoms with Crippen LogP contribution in [0.5, 0.6) is 0 Å². The maximum Gasteiger partial charge on any atom is 0.254 e. The summed E-state index contributed by atoms with van der Waals surface area (Å²) in [6.45, 7) is 8.94. The van der Waals surface area contributed by atoms with Crippen molar-refractivity contribution in [1.82, 2.24) is 10.2 Å². The van der Waals surface area contributed by atoms with Crippen molar-refractivity contribution in [1.29, 1.82) is 0 Å². The fourth-order valence-electron chi connectivity index (χ4n) is 2.98. The molecule has 2 rings (SSSR count). The predicted molar refractivity (Wildman–Crippen MR) is 78.5 cm³/mol. The Morgan fingerprint density at radius 2 is 1.84 bits per heavy atom. The van der Waals surface area contributed by atoms with E-state index in [1.807, 2.05) is 32.0 Å². The molecule has 1 aromatic rings. The molecule has 0 spiro atoms. The highest BCUT2D eigenvalue weighted by Gasteiger charge is 2.26. The highest BCUT2D eigenvalue weighted by molar-refractivity contribution is 5.97. The van der Waals surface area contributed by atoms with E-state index in [2.05, 4.69) is 17.1 Å². The summed E-state index contributed by atoms with van der Waals surface area (Å²) in [5.41, 5.74) is 3.05. The van der Waals surface area contributed by atoms with Crippen LogP contribution in [-0.2, 0) is 0 Å².